The lowest BCUT2D eigenvalue weighted by Crippen LogP contribution is -3.00. The number of rotatable bonds is 1. The molecule has 1 amide bonds. The van der Waals surface area contributed by atoms with Crippen LogP contribution < -0.4 is 5.32 Å². The summed E-state index contributed by atoms with van der Waals surface area (Å²) in [5, 5.41) is 2.67. The largest absolute Gasteiger partial charge is 0.334 e. The summed E-state index contributed by atoms with van der Waals surface area (Å²) in [5.74, 6) is 0.941. The monoisotopic (exact) mass is 249 g/mol. The maximum Gasteiger partial charge on any atom is 0.233 e. The lowest BCUT2D eigenvalue weighted by molar-refractivity contribution is -0.743. The van der Waals surface area contributed by atoms with Crippen LogP contribution in [-0.4, -0.2) is 35.0 Å². The Morgan fingerprint density at radius 1 is 1.41 bits per heavy atom. The fourth-order valence-electron chi connectivity index (χ4n) is 2.85. The van der Waals surface area contributed by atoms with Crippen molar-refractivity contribution in [2.45, 2.75) is 17.8 Å². The number of amides is 1. The molecule has 1 aromatic carbocycles. The Morgan fingerprint density at radius 3 is 2.94 bits per heavy atom. The average molecular weight is 249 g/mol. The summed E-state index contributed by atoms with van der Waals surface area (Å²) < 4.78 is 0. The minimum absolute atomic E-state index is 0.00363. The number of hydrogen-bond donors (Lipinski definition) is 1. The van der Waals surface area contributed by atoms with Gasteiger partial charge in [-0.05, 0) is 6.92 Å². The number of carbonyl (C=O) groups is 1. The van der Waals surface area contributed by atoms with Crippen LogP contribution >= 0.6 is 11.8 Å². The van der Waals surface area contributed by atoms with Gasteiger partial charge in [0.15, 0.2) is 0 Å². The van der Waals surface area contributed by atoms with E-state index in [4.69, 9.17) is 0 Å². The van der Waals surface area contributed by atoms with Crippen LogP contribution in [0, 0.1) is 0 Å². The van der Waals surface area contributed by atoms with Gasteiger partial charge in [0.2, 0.25) is 5.91 Å². The number of carbonyl (C=O) groups excluding carboxylic acids is 1. The third-order valence-electron chi connectivity index (χ3n) is 3.82. The van der Waals surface area contributed by atoms with Gasteiger partial charge in [0.25, 0.3) is 0 Å². The summed E-state index contributed by atoms with van der Waals surface area (Å²) in [6, 6.07) is 10.5. The first-order valence-corrected chi connectivity index (χ1v) is 7.08. The molecule has 0 radical (unpaired) electrons. The van der Waals surface area contributed by atoms with E-state index in [0.29, 0.717) is 11.7 Å². The van der Waals surface area contributed by atoms with Crippen molar-refractivity contribution in [1.82, 2.24) is 4.90 Å². The van der Waals surface area contributed by atoms with Gasteiger partial charge in [-0.1, -0.05) is 30.3 Å². The quantitative estimate of drug-likeness (QED) is 0.781. The maximum absolute atomic E-state index is 11.8. The molecular weight excluding hydrogens is 232 g/mol. The third-order valence-corrected chi connectivity index (χ3v) is 5.29. The van der Waals surface area contributed by atoms with E-state index in [2.05, 4.69) is 41.4 Å². The van der Waals surface area contributed by atoms with Gasteiger partial charge in [-0.15, -0.1) is 11.8 Å². The minimum Gasteiger partial charge on any atom is -0.334 e. The zero-order valence-corrected chi connectivity index (χ0v) is 10.7. The van der Waals surface area contributed by atoms with Crippen molar-refractivity contribution in [2.24, 2.45) is 0 Å². The number of nitrogens with zero attached hydrogens (tertiary/aromatic N) is 1. The van der Waals surface area contributed by atoms with Crippen molar-refractivity contribution in [3.8, 4) is 0 Å². The minimum atomic E-state index is -0.00363. The Bertz CT molecular complexity index is 436. The van der Waals surface area contributed by atoms with Gasteiger partial charge in [-0.2, -0.15) is 0 Å². The number of thioether (sulfide) groups is 1. The van der Waals surface area contributed by atoms with Crippen molar-refractivity contribution in [3.63, 3.8) is 0 Å². The fraction of sp³-hybridized carbons (Fsp3) is 0.462. The molecule has 4 heteroatoms. The van der Waals surface area contributed by atoms with Crippen LogP contribution in [-0.2, 0) is 10.3 Å². The summed E-state index contributed by atoms with van der Waals surface area (Å²) in [4.78, 5) is 13.9. The van der Waals surface area contributed by atoms with Crippen molar-refractivity contribution in [3.05, 3.63) is 35.9 Å². The lowest BCUT2D eigenvalue weighted by atomic mass is 9.89. The first kappa shape index (κ1) is 11.1. The predicted molar refractivity (Wildman–Crippen MR) is 68.5 cm³/mol. The van der Waals surface area contributed by atoms with Crippen molar-refractivity contribution < 1.29 is 10.1 Å². The number of benzene rings is 1. The zero-order chi connectivity index (χ0) is 11.9. The molecule has 17 heavy (non-hydrogen) atoms. The van der Waals surface area contributed by atoms with Gasteiger partial charge in [0.05, 0.1) is 18.8 Å². The molecule has 2 N–H and O–H groups in total. The summed E-state index contributed by atoms with van der Waals surface area (Å²) in [7, 11) is 0. The number of nitrogens with two attached hydrogens (primary N) is 1. The van der Waals surface area contributed by atoms with Crippen LogP contribution in [0.25, 0.3) is 0 Å². The third kappa shape index (κ3) is 1.67. The summed E-state index contributed by atoms with van der Waals surface area (Å²) in [5.41, 5.74) is 1.31. The second-order valence-corrected chi connectivity index (χ2v) is 5.96. The van der Waals surface area contributed by atoms with E-state index in [1.54, 1.807) is 11.8 Å². The van der Waals surface area contributed by atoms with E-state index < -0.39 is 0 Å². The number of hydrogen-bond acceptors (Lipinski definition) is 2. The average Bonchev–Trinajstić information content (AvgIpc) is 2.74. The number of fused-ring (bicyclic) bond motifs is 1. The SMILES string of the molecule is C[C@@]1(c2ccccc2)[NH2+]CCN2C(=O)CS[C@@H]21. The smallest absolute Gasteiger partial charge is 0.233 e. The molecule has 2 heterocycles. The van der Waals surface area contributed by atoms with Crippen LogP contribution in [0.1, 0.15) is 12.5 Å². The Labute approximate surface area is 106 Å². The van der Waals surface area contributed by atoms with E-state index in [9.17, 15) is 4.79 Å². The van der Waals surface area contributed by atoms with Crippen molar-refractivity contribution in [1.29, 1.82) is 0 Å². The molecule has 3 rings (SSSR count). The molecule has 2 saturated heterocycles. The summed E-state index contributed by atoms with van der Waals surface area (Å²) >= 11 is 1.78. The van der Waals surface area contributed by atoms with Crippen molar-refractivity contribution >= 4 is 17.7 Å². The zero-order valence-electron chi connectivity index (χ0n) is 9.93. The van der Waals surface area contributed by atoms with Crippen LogP contribution in [0.2, 0.25) is 0 Å². The van der Waals surface area contributed by atoms with Crippen LogP contribution in [0.15, 0.2) is 30.3 Å². The second kappa shape index (κ2) is 4.03. The van der Waals surface area contributed by atoms with Gasteiger partial charge >= 0.3 is 0 Å². The Morgan fingerprint density at radius 2 is 2.18 bits per heavy atom. The topological polar surface area (TPSA) is 36.9 Å². The molecule has 0 saturated carbocycles. The molecule has 0 aromatic heterocycles. The molecule has 0 aliphatic carbocycles. The second-order valence-electron chi connectivity index (χ2n) is 4.89. The van der Waals surface area contributed by atoms with Crippen molar-refractivity contribution in [2.75, 3.05) is 18.8 Å². The van der Waals surface area contributed by atoms with Gasteiger partial charge in [0.1, 0.15) is 10.9 Å². The van der Waals surface area contributed by atoms with Crippen LogP contribution in [0.5, 0.6) is 0 Å². The molecule has 1 aromatic rings. The summed E-state index contributed by atoms with van der Waals surface area (Å²) in [6.45, 7) is 4.14. The first-order chi connectivity index (χ1) is 8.22. The Balaban J connectivity index is 1.99. The molecule has 0 spiro atoms. The highest BCUT2D eigenvalue weighted by Gasteiger charge is 2.51. The molecule has 3 nitrogen and oxygen atoms in total. The molecule has 2 aliphatic rings. The molecule has 0 unspecified atom stereocenters. The van der Waals surface area contributed by atoms with Crippen LogP contribution in [0.4, 0.5) is 0 Å². The maximum atomic E-state index is 11.8. The van der Waals surface area contributed by atoms with E-state index >= 15 is 0 Å². The lowest BCUT2D eigenvalue weighted by Gasteiger charge is -2.42. The van der Waals surface area contributed by atoms with E-state index in [1.165, 1.54) is 5.56 Å². The standard InChI is InChI=1S/C13H16N2OS/c1-13(10-5-3-2-4-6-10)12-15(8-7-14-13)11(16)9-17-12/h2-6,12,14H,7-9H2,1H3/p+1/t12-,13+/m1/s1. The fourth-order valence-corrected chi connectivity index (χ4v) is 4.30. The highest BCUT2D eigenvalue weighted by molar-refractivity contribution is 8.01. The Hall–Kier alpha value is -1.000. The van der Waals surface area contributed by atoms with Gasteiger partial charge < -0.3 is 10.2 Å². The molecule has 2 fully saturated rings. The molecule has 2 atom stereocenters. The summed E-state index contributed by atoms with van der Waals surface area (Å²) in [6.07, 6.45) is 0. The number of quaternary nitrogens is 1. The van der Waals surface area contributed by atoms with E-state index in [1.807, 2.05) is 6.07 Å². The molecule has 0 bridgehead atoms. The first-order valence-electron chi connectivity index (χ1n) is 6.03. The van der Waals surface area contributed by atoms with Gasteiger partial charge in [0, 0.05) is 5.56 Å². The molecule has 2 aliphatic heterocycles. The van der Waals surface area contributed by atoms with E-state index in [-0.39, 0.29) is 10.9 Å². The molecule has 90 valence electrons. The van der Waals surface area contributed by atoms with Gasteiger partial charge in [-0.25, -0.2) is 0 Å². The van der Waals surface area contributed by atoms with Crippen LogP contribution in [0.3, 0.4) is 0 Å². The highest BCUT2D eigenvalue weighted by Crippen LogP contribution is 2.37. The number of piperazine rings is 1. The predicted octanol–water partition coefficient (Wildman–Crippen LogP) is 0.380. The van der Waals surface area contributed by atoms with Gasteiger partial charge in [-0.3, -0.25) is 4.79 Å². The van der Waals surface area contributed by atoms with E-state index in [0.717, 1.165) is 13.1 Å². The highest BCUT2D eigenvalue weighted by atomic mass is 32.2. The normalized spacial score (nSPS) is 32.6. The Kier molecular flexibility index (Phi) is 2.64. The molecular formula is C13H17N2OS+.